The maximum Gasteiger partial charge on any atom is 0.229 e. The Morgan fingerprint density at radius 3 is 2.47 bits per heavy atom. The van der Waals surface area contributed by atoms with E-state index in [-0.39, 0.29) is 17.7 Å². The van der Waals surface area contributed by atoms with Crippen LogP contribution in [-0.4, -0.2) is 28.2 Å². The van der Waals surface area contributed by atoms with Gasteiger partial charge in [-0.25, -0.2) is 0 Å². The van der Waals surface area contributed by atoms with Crippen molar-refractivity contribution in [2.45, 2.75) is 32.6 Å². The molecule has 0 saturated carbocycles. The van der Waals surface area contributed by atoms with Gasteiger partial charge in [-0.3, -0.25) is 14.5 Å². The van der Waals surface area contributed by atoms with E-state index in [4.69, 9.17) is 18.0 Å². The molecule has 5 heteroatoms. The summed E-state index contributed by atoms with van der Waals surface area (Å²) in [5.41, 5.74) is 5.34. The second-order valence-electron chi connectivity index (χ2n) is 4.02. The molecule has 1 aliphatic rings. The summed E-state index contributed by atoms with van der Waals surface area (Å²) in [6.45, 7) is 2.36. The Hall–Kier alpha value is -0.970. The summed E-state index contributed by atoms with van der Waals surface area (Å²) < 4.78 is 0. The number of likely N-dealkylation sites (tertiary alicyclic amines) is 1. The first-order valence-corrected chi connectivity index (χ1v) is 5.53. The summed E-state index contributed by atoms with van der Waals surface area (Å²) in [6.07, 6.45) is 2.20. The largest absolute Gasteiger partial charge is 0.393 e. The standard InChI is InChI=1S/C10H16N2O2S/c1-7-5-9(13)12(10(14)6-7)4-2-3-8(11)15/h7H,2-6H2,1H3,(H2,11,15). The number of amides is 2. The van der Waals surface area contributed by atoms with Crippen molar-refractivity contribution in [3.8, 4) is 0 Å². The lowest BCUT2D eigenvalue weighted by molar-refractivity contribution is -0.149. The molecule has 2 amide bonds. The fourth-order valence-corrected chi connectivity index (χ4v) is 1.83. The van der Waals surface area contributed by atoms with Crippen molar-refractivity contribution in [3.63, 3.8) is 0 Å². The molecule has 0 radical (unpaired) electrons. The van der Waals surface area contributed by atoms with E-state index in [1.165, 1.54) is 4.90 Å². The van der Waals surface area contributed by atoms with Crippen molar-refractivity contribution in [1.29, 1.82) is 0 Å². The average molecular weight is 228 g/mol. The molecule has 1 fully saturated rings. The molecular weight excluding hydrogens is 212 g/mol. The summed E-state index contributed by atoms with van der Waals surface area (Å²) in [5, 5.41) is 0. The zero-order valence-electron chi connectivity index (χ0n) is 8.86. The smallest absolute Gasteiger partial charge is 0.229 e. The van der Waals surface area contributed by atoms with E-state index in [0.29, 0.717) is 37.2 Å². The summed E-state index contributed by atoms with van der Waals surface area (Å²) >= 11 is 4.73. The van der Waals surface area contributed by atoms with Gasteiger partial charge in [-0.2, -0.15) is 0 Å². The zero-order chi connectivity index (χ0) is 11.4. The summed E-state index contributed by atoms with van der Waals surface area (Å²) in [5.74, 6) is 0.0419. The molecule has 0 aromatic carbocycles. The number of hydrogen-bond donors (Lipinski definition) is 1. The maximum atomic E-state index is 11.5. The second kappa shape index (κ2) is 5.21. The second-order valence-corrected chi connectivity index (χ2v) is 4.55. The van der Waals surface area contributed by atoms with Gasteiger partial charge < -0.3 is 5.73 Å². The van der Waals surface area contributed by atoms with Crippen molar-refractivity contribution in [2.75, 3.05) is 6.54 Å². The molecule has 2 N–H and O–H groups in total. The van der Waals surface area contributed by atoms with Crippen molar-refractivity contribution in [1.82, 2.24) is 4.90 Å². The lowest BCUT2D eigenvalue weighted by atomic mass is 9.97. The molecule has 0 spiro atoms. The van der Waals surface area contributed by atoms with Gasteiger partial charge in [0.1, 0.15) is 0 Å². The van der Waals surface area contributed by atoms with Gasteiger partial charge in [-0.05, 0) is 18.8 Å². The van der Waals surface area contributed by atoms with Crippen LogP contribution in [0.3, 0.4) is 0 Å². The highest BCUT2D eigenvalue weighted by atomic mass is 32.1. The van der Waals surface area contributed by atoms with Crippen molar-refractivity contribution >= 4 is 29.0 Å². The number of nitrogens with zero attached hydrogens (tertiary/aromatic N) is 1. The van der Waals surface area contributed by atoms with Gasteiger partial charge in [0.25, 0.3) is 0 Å². The fourth-order valence-electron chi connectivity index (χ4n) is 1.69. The Morgan fingerprint density at radius 1 is 1.47 bits per heavy atom. The molecule has 1 heterocycles. The molecule has 0 aromatic heterocycles. The van der Waals surface area contributed by atoms with Crippen LogP contribution in [0.15, 0.2) is 0 Å². The SMILES string of the molecule is CC1CC(=O)N(CCCC(N)=S)C(=O)C1. The van der Waals surface area contributed by atoms with Crippen LogP contribution in [0.1, 0.15) is 32.6 Å². The van der Waals surface area contributed by atoms with E-state index in [0.717, 1.165) is 0 Å². The van der Waals surface area contributed by atoms with E-state index in [9.17, 15) is 9.59 Å². The van der Waals surface area contributed by atoms with Gasteiger partial charge in [-0.1, -0.05) is 19.1 Å². The number of nitrogens with two attached hydrogens (primary N) is 1. The van der Waals surface area contributed by atoms with E-state index >= 15 is 0 Å². The first-order chi connectivity index (χ1) is 7.00. The van der Waals surface area contributed by atoms with Crippen LogP contribution < -0.4 is 5.73 Å². The van der Waals surface area contributed by atoms with Crippen LogP contribution in [0.2, 0.25) is 0 Å². The minimum Gasteiger partial charge on any atom is -0.393 e. The number of carbonyl (C=O) groups is 2. The lowest BCUT2D eigenvalue weighted by Crippen LogP contribution is -2.43. The van der Waals surface area contributed by atoms with Crippen LogP contribution in [0.5, 0.6) is 0 Å². The molecule has 0 aliphatic carbocycles. The zero-order valence-corrected chi connectivity index (χ0v) is 9.68. The normalized spacial score (nSPS) is 18.3. The van der Waals surface area contributed by atoms with Crippen LogP contribution in [0.4, 0.5) is 0 Å². The van der Waals surface area contributed by atoms with Gasteiger partial charge in [0.2, 0.25) is 11.8 Å². The summed E-state index contributed by atoms with van der Waals surface area (Å²) in [6, 6.07) is 0. The predicted molar refractivity (Wildman–Crippen MR) is 61.1 cm³/mol. The van der Waals surface area contributed by atoms with E-state index in [2.05, 4.69) is 0 Å². The molecule has 15 heavy (non-hydrogen) atoms. The molecule has 0 aromatic rings. The van der Waals surface area contributed by atoms with E-state index in [1.54, 1.807) is 0 Å². The predicted octanol–water partition coefficient (Wildman–Crippen LogP) is 0.838. The number of rotatable bonds is 4. The quantitative estimate of drug-likeness (QED) is 0.572. The highest BCUT2D eigenvalue weighted by Crippen LogP contribution is 2.18. The topological polar surface area (TPSA) is 63.4 Å². The Kier molecular flexibility index (Phi) is 4.20. The Balaban J connectivity index is 2.43. The highest BCUT2D eigenvalue weighted by Gasteiger charge is 2.29. The highest BCUT2D eigenvalue weighted by molar-refractivity contribution is 7.80. The molecule has 1 aliphatic heterocycles. The molecule has 84 valence electrons. The minimum absolute atomic E-state index is 0.0679. The first kappa shape index (κ1) is 12.1. The first-order valence-electron chi connectivity index (χ1n) is 5.12. The molecule has 4 nitrogen and oxygen atoms in total. The van der Waals surface area contributed by atoms with Gasteiger partial charge in [0, 0.05) is 19.4 Å². The Morgan fingerprint density at radius 2 is 2.00 bits per heavy atom. The molecule has 1 rings (SSSR count). The molecule has 0 unspecified atom stereocenters. The third-order valence-electron chi connectivity index (χ3n) is 2.45. The van der Waals surface area contributed by atoms with Crippen LogP contribution in [0, 0.1) is 5.92 Å². The van der Waals surface area contributed by atoms with E-state index < -0.39 is 0 Å². The number of thiocarbonyl (C=S) groups is 1. The molecular formula is C10H16N2O2S. The van der Waals surface area contributed by atoms with Gasteiger partial charge in [0.05, 0.1) is 4.99 Å². The van der Waals surface area contributed by atoms with Crippen LogP contribution in [0.25, 0.3) is 0 Å². The molecule has 0 atom stereocenters. The van der Waals surface area contributed by atoms with Crippen LogP contribution in [-0.2, 0) is 9.59 Å². The van der Waals surface area contributed by atoms with Gasteiger partial charge in [-0.15, -0.1) is 0 Å². The molecule has 1 saturated heterocycles. The van der Waals surface area contributed by atoms with E-state index in [1.807, 2.05) is 6.92 Å². The maximum absolute atomic E-state index is 11.5. The monoisotopic (exact) mass is 228 g/mol. The van der Waals surface area contributed by atoms with Crippen LogP contribution >= 0.6 is 12.2 Å². The van der Waals surface area contributed by atoms with Crippen molar-refractivity contribution < 1.29 is 9.59 Å². The summed E-state index contributed by atoms with van der Waals surface area (Å²) in [7, 11) is 0. The van der Waals surface area contributed by atoms with Crippen molar-refractivity contribution in [3.05, 3.63) is 0 Å². The number of hydrogen-bond acceptors (Lipinski definition) is 3. The van der Waals surface area contributed by atoms with Gasteiger partial charge in [0.15, 0.2) is 0 Å². The van der Waals surface area contributed by atoms with Crippen molar-refractivity contribution in [2.24, 2.45) is 11.7 Å². The third-order valence-corrected chi connectivity index (χ3v) is 2.66. The minimum atomic E-state index is -0.0679. The number of imide groups is 1. The van der Waals surface area contributed by atoms with Gasteiger partial charge >= 0.3 is 0 Å². The number of carbonyl (C=O) groups excluding carboxylic acids is 2. The average Bonchev–Trinajstić information content (AvgIpc) is 2.08. The third kappa shape index (κ3) is 3.58. The number of piperidine rings is 1. The fraction of sp³-hybridized carbons (Fsp3) is 0.700. The Labute approximate surface area is 94.8 Å². The molecule has 0 bridgehead atoms. The lowest BCUT2D eigenvalue weighted by Gasteiger charge is -2.28. The Bertz CT molecular complexity index is 273. The summed E-state index contributed by atoms with van der Waals surface area (Å²) in [4.78, 5) is 24.8.